The molecule has 2 aromatic carbocycles. The van der Waals surface area contributed by atoms with E-state index in [-0.39, 0.29) is 11.3 Å². The lowest BCUT2D eigenvalue weighted by molar-refractivity contribution is -0.132. The average Bonchev–Trinajstić information content (AvgIpc) is 3.56. The summed E-state index contributed by atoms with van der Waals surface area (Å²) < 4.78 is 12.1. The Labute approximate surface area is 199 Å². The van der Waals surface area contributed by atoms with Crippen LogP contribution in [-0.4, -0.2) is 28.4 Å². The van der Waals surface area contributed by atoms with Crippen LogP contribution in [-0.2, 0) is 9.59 Å². The Morgan fingerprint density at radius 2 is 1.97 bits per heavy atom. The van der Waals surface area contributed by atoms with E-state index >= 15 is 0 Å². The van der Waals surface area contributed by atoms with Crippen LogP contribution in [0.1, 0.15) is 36.3 Å². The van der Waals surface area contributed by atoms with Crippen molar-refractivity contribution in [1.82, 2.24) is 4.98 Å². The fourth-order valence-corrected chi connectivity index (χ4v) is 5.04. The number of hydrogen-bond acceptors (Lipinski definition) is 7. The number of furan rings is 1. The molecule has 1 fully saturated rings. The summed E-state index contributed by atoms with van der Waals surface area (Å²) in [5.74, 6) is -0.811. The van der Waals surface area contributed by atoms with Crippen molar-refractivity contribution >= 4 is 44.1 Å². The van der Waals surface area contributed by atoms with Gasteiger partial charge in [0.25, 0.3) is 5.78 Å². The van der Waals surface area contributed by atoms with Gasteiger partial charge in [0.05, 0.1) is 28.7 Å². The number of nitrogens with zero attached hydrogens (tertiary/aromatic N) is 2. The molecule has 34 heavy (non-hydrogen) atoms. The Kier molecular flexibility index (Phi) is 5.67. The summed E-state index contributed by atoms with van der Waals surface area (Å²) in [5.41, 5.74) is 2.16. The largest absolute Gasteiger partial charge is 0.507 e. The first kappa shape index (κ1) is 21.9. The number of Topliss-reactive ketones (excluding diaryl/α,β-unsaturated/α-hetero) is 1. The minimum Gasteiger partial charge on any atom is -0.507 e. The number of fused-ring (bicyclic) bond motifs is 1. The van der Waals surface area contributed by atoms with E-state index in [0.29, 0.717) is 28.8 Å². The Morgan fingerprint density at radius 3 is 2.68 bits per heavy atom. The first-order valence-electron chi connectivity index (χ1n) is 10.9. The molecule has 1 N–H and O–H groups in total. The zero-order valence-electron chi connectivity index (χ0n) is 18.6. The number of carbonyl (C=O) groups is 2. The number of aliphatic hydroxyl groups is 1. The number of aliphatic hydroxyl groups excluding tert-OH is 1. The third-order valence-corrected chi connectivity index (χ3v) is 6.61. The van der Waals surface area contributed by atoms with Gasteiger partial charge in [-0.2, -0.15) is 0 Å². The number of hydrogen-bond donors (Lipinski definition) is 1. The summed E-state index contributed by atoms with van der Waals surface area (Å²) in [5, 5.41) is 11.5. The number of ketones is 1. The van der Waals surface area contributed by atoms with E-state index in [1.807, 2.05) is 32.0 Å². The summed E-state index contributed by atoms with van der Waals surface area (Å²) in [4.78, 5) is 32.3. The zero-order valence-corrected chi connectivity index (χ0v) is 19.5. The number of amides is 1. The zero-order chi connectivity index (χ0) is 23.8. The van der Waals surface area contributed by atoms with Crippen molar-refractivity contribution in [2.24, 2.45) is 0 Å². The van der Waals surface area contributed by atoms with Crippen LogP contribution in [0, 0.1) is 6.92 Å². The highest BCUT2D eigenvalue weighted by Gasteiger charge is 2.49. The van der Waals surface area contributed by atoms with Crippen molar-refractivity contribution in [3.8, 4) is 5.75 Å². The number of thiazole rings is 1. The highest BCUT2D eigenvalue weighted by atomic mass is 32.1. The van der Waals surface area contributed by atoms with Crippen LogP contribution in [0.15, 0.2) is 70.9 Å². The van der Waals surface area contributed by atoms with Crippen molar-refractivity contribution in [3.05, 3.63) is 83.3 Å². The molecule has 1 amide bonds. The van der Waals surface area contributed by atoms with E-state index in [2.05, 4.69) is 4.98 Å². The van der Waals surface area contributed by atoms with Gasteiger partial charge >= 0.3 is 5.91 Å². The Hall–Kier alpha value is -3.91. The first-order valence-corrected chi connectivity index (χ1v) is 11.7. The number of aryl methyl sites for hydroxylation is 1. The lowest BCUT2D eigenvalue weighted by Crippen LogP contribution is -2.29. The second-order valence-electron chi connectivity index (χ2n) is 8.02. The summed E-state index contributed by atoms with van der Waals surface area (Å²) >= 11 is 1.31. The maximum absolute atomic E-state index is 13.2. The first-order chi connectivity index (χ1) is 16.5. The molecule has 1 aliphatic rings. The van der Waals surface area contributed by atoms with Crippen molar-refractivity contribution in [2.45, 2.75) is 26.3 Å². The van der Waals surface area contributed by atoms with Crippen LogP contribution >= 0.6 is 11.3 Å². The van der Waals surface area contributed by atoms with Gasteiger partial charge in [0, 0.05) is 5.56 Å². The third kappa shape index (κ3) is 3.76. The number of benzene rings is 2. The molecule has 0 spiro atoms. The van der Waals surface area contributed by atoms with E-state index in [0.717, 1.165) is 22.2 Å². The molecule has 1 atom stereocenters. The van der Waals surface area contributed by atoms with E-state index in [9.17, 15) is 14.7 Å². The maximum atomic E-state index is 13.2. The minimum atomic E-state index is -0.937. The van der Waals surface area contributed by atoms with E-state index < -0.39 is 17.7 Å². The van der Waals surface area contributed by atoms with Gasteiger partial charge in [-0.25, -0.2) is 4.98 Å². The second-order valence-corrected chi connectivity index (χ2v) is 9.03. The molecule has 0 aliphatic carbocycles. The molecule has 0 radical (unpaired) electrons. The van der Waals surface area contributed by atoms with E-state index in [1.165, 1.54) is 22.5 Å². The van der Waals surface area contributed by atoms with Gasteiger partial charge in [-0.3, -0.25) is 14.5 Å². The topological polar surface area (TPSA) is 92.9 Å². The number of rotatable bonds is 6. The highest BCUT2D eigenvalue weighted by molar-refractivity contribution is 7.22. The Morgan fingerprint density at radius 1 is 1.18 bits per heavy atom. The normalized spacial score (nSPS) is 17.6. The molecular weight excluding hydrogens is 452 g/mol. The molecule has 8 heteroatoms. The minimum absolute atomic E-state index is 0.0439. The molecule has 5 rings (SSSR count). The second kappa shape index (κ2) is 8.79. The highest BCUT2D eigenvalue weighted by Crippen LogP contribution is 2.44. The van der Waals surface area contributed by atoms with E-state index in [4.69, 9.17) is 9.15 Å². The molecule has 7 nitrogen and oxygen atoms in total. The van der Waals surface area contributed by atoms with Crippen LogP contribution in [0.5, 0.6) is 5.75 Å². The van der Waals surface area contributed by atoms with Gasteiger partial charge in [-0.05, 0) is 67.4 Å². The predicted molar refractivity (Wildman–Crippen MR) is 130 cm³/mol. The summed E-state index contributed by atoms with van der Waals surface area (Å²) in [6.45, 7) is 4.57. The molecule has 4 aromatic rings. The van der Waals surface area contributed by atoms with Crippen LogP contribution < -0.4 is 9.64 Å². The number of aromatic nitrogens is 1. The van der Waals surface area contributed by atoms with Gasteiger partial charge in [-0.15, -0.1) is 0 Å². The van der Waals surface area contributed by atoms with Gasteiger partial charge in [0.15, 0.2) is 5.13 Å². The standard InChI is InChI=1S/C26H22N2O5S/c1-3-12-32-17-9-7-16(8-10-17)23(29)21-22(19-5-4-13-33-19)28(25(31)24(21)30)26-27-18-11-6-15(2)14-20(18)34-26/h4-11,13-14,22,29H,3,12H2,1-2H3. The quantitative estimate of drug-likeness (QED) is 0.222. The lowest BCUT2D eigenvalue weighted by atomic mass is 9.99. The number of ether oxygens (including phenoxy) is 1. The number of carbonyl (C=O) groups excluding carboxylic acids is 2. The average molecular weight is 475 g/mol. The third-order valence-electron chi connectivity index (χ3n) is 5.60. The molecular formula is C26H22N2O5S. The van der Waals surface area contributed by atoms with Crippen molar-refractivity contribution in [1.29, 1.82) is 0 Å². The van der Waals surface area contributed by atoms with Crippen LogP contribution in [0.4, 0.5) is 5.13 Å². The van der Waals surface area contributed by atoms with Crippen LogP contribution in [0.25, 0.3) is 16.0 Å². The molecule has 1 aliphatic heterocycles. The molecule has 0 saturated carbocycles. The molecule has 2 aromatic heterocycles. The lowest BCUT2D eigenvalue weighted by Gasteiger charge is -2.20. The van der Waals surface area contributed by atoms with Gasteiger partial charge in [-0.1, -0.05) is 24.3 Å². The SMILES string of the molecule is CCCOc1ccc(C(O)=C2C(=O)C(=O)N(c3nc4ccc(C)cc4s3)C2c2ccco2)cc1. The molecule has 172 valence electrons. The molecule has 1 saturated heterocycles. The monoisotopic (exact) mass is 474 g/mol. The van der Waals surface area contributed by atoms with Crippen molar-refractivity contribution in [3.63, 3.8) is 0 Å². The molecule has 0 bridgehead atoms. The van der Waals surface area contributed by atoms with Crippen LogP contribution in [0.2, 0.25) is 0 Å². The molecule has 1 unspecified atom stereocenters. The van der Waals surface area contributed by atoms with Crippen LogP contribution in [0.3, 0.4) is 0 Å². The summed E-state index contributed by atoms with van der Waals surface area (Å²) in [6.07, 6.45) is 2.34. The van der Waals surface area contributed by atoms with E-state index in [1.54, 1.807) is 36.4 Å². The number of anilines is 1. The van der Waals surface area contributed by atoms with Gasteiger partial charge in [0.1, 0.15) is 23.3 Å². The Bertz CT molecular complexity index is 1400. The maximum Gasteiger partial charge on any atom is 0.302 e. The smallest absolute Gasteiger partial charge is 0.302 e. The fraction of sp³-hybridized carbons (Fsp3) is 0.192. The fourth-order valence-electron chi connectivity index (χ4n) is 3.95. The summed E-state index contributed by atoms with van der Waals surface area (Å²) in [6, 6.07) is 15.0. The van der Waals surface area contributed by atoms with Gasteiger partial charge < -0.3 is 14.3 Å². The molecule has 3 heterocycles. The van der Waals surface area contributed by atoms with Gasteiger partial charge in [0.2, 0.25) is 0 Å². The summed E-state index contributed by atoms with van der Waals surface area (Å²) in [7, 11) is 0. The Balaban J connectivity index is 1.62. The van der Waals surface area contributed by atoms with Crippen molar-refractivity contribution < 1.29 is 23.8 Å². The van der Waals surface area contributed by atoms with Crippen molar-refractivity contribution in [2.75, 3.05) is 11.5 Å². The predicted octanol–water partition coefficient (Wildman–Crippen LogP) is 5.61.